The smallest absolute Gasteiger partial charge is 0.305 e. The lowest BCUT2D eigenvalue weighted by Crippen LogP contribution is -2.60. The fourth-order valence-electron chi connectivity index (χ4n) is 11.9. The van der Waals surface area contributed by atoms with E-state index >= 15 is 0 Å². The molecule has 1 amide bonds. The molecule has 7 atom stereocenters. The molecule has 0 aromatic rings. The first-order chi connectivity index (χ1) is 42.2. The van der Waals surface area contributed by atoms with Crippen LogP contribution in [-0.4, -0.2) is 100 Å². The minimum atomic E-state index is -1.58. The second-order valence-corrected chi connectivity index (χ2v) is 26.0. The van der Waals surface area contributed by atoms with Gasteiger partial charge < -0.3 is 45.1 Å². The molecule has 0 bridgehead atoms. The highest BCUT2D eigenvalue weighted by atomic mass is 16.7. The van der Waals surface area contributed by atoms with Gasteiger partial charge in [0, 0.05) is 12.8 Å². The van der Waals surface area contributed by atoms with Crippen LogP contribution in [0.3, 0.4) is 0 Å². The zero-order valence-electron chi connectivity index (χ0n) is 56.3. The van der Waals surface area contributed by atoms with Crippen LogP contribution in [0.4, 0.5) is 0 Å². The monoisotopic (exact) mass is 1220 g/mol. The van der Waals surface area contributed by atoms with Crippen LogP contribution in [0.5, 0.6) is 0 Å². The van der Waals surface area contributed by atoms with Gasteiger partial charge in [-0.25, -0.2) is 0 Å². The number of esters is 1. The maximum atomic E-state index is 13.1. The van der Waals surface area contributed by atoms with Gasteiger partial charge in [0.25, 0.3) is 0 Å². The summed E-state index contributed by atoms with van der Waals surface area (Å²) in [4.78, 5) is 25.1. The largest absolute Gasteiger partial charge is 0.466 e. The van der Waals surface area contributed by atoms with E-state index in [1.54, 1.807) is 6.08 Å². The van der Waals surface area contributed by atoms with Gasteiger partial charge in [0.05, 0.1) is 32.0 Å². The summed E-state index contributed by atoms with van der Waals surface area (Å²) in [5.41, 5.74) is 0. The van der Waals surface area contributed by atoms with Crippen LogP contribution in [0.15, 0.2) is 36.5 Å². The van der Waals surface area contributed by atoms with E-state index < -0.39 is 49.5 Å². The molecule has 0 aromatic heterocycles. The van der Waals surface area contributed by atoms with Gasteiger partial charge in [-0.2, -0.15) is 0 Å². The van der Waals surface area contributed by atoms with Crippen LogP contribution in [0.25, 0.3) is 0 Å². The fourth-order valence-corrected chi connectivity index (χ4v) is 11.9. The summed E-state index contributed by atoms with van der Waals surface area (Å²) in [6.45, 7) is 4.31. The van der Waals surface area contributed by atoms with Crippen molar-refractivity contribution in [2.24, 2.45) is 0 Å². The molecule has 1 saturated heterocycles. The second-order valence-electron chi connectivity index (χ2n) is 26.0. The summed E-state index contributed by atoms with van der Waals surface area (Å²) in [6, 6.07) is -0.830. The fraction of sp³-hybridized carbons (Fsp3) is 0.893. The Labute approximate surface area is 530 Å². The highest BCUT2D eigenvalue weighted by Gasteiger charge is 2.44. The highest BCUT2D eigenvalue weighted by Crippen LogP contribution is 2.24. The first-order valence-corrected chi connectivity index (χ1v) is 37.3. The Hall–Kier alpha value is -2.12. The van der Waals surface area contributed by atoms with Crippen LogP contribution in [0.1, 0.15) is 367 Å². The number of rotatable bonds is 66. The second kappa shape index (κ2) is 64.4. The lowest BCUT2D eigenvalue weighted by molar-refractivity contribution is -0.302. The van der Waals surface area contributed by atoms with Crippen molar-refractivity contribution in [3.63, 3.8) is 0 Å². The normalized spacial score (nSPS) is 18.1. The first kappa shape index (κ1) is 81.9. The number of carbonyl (C=O) groups is 2. The molecule has 506 valence electrons. The Kier molecular flexibility index (Phi) is 61.3. The van der Waals surface area contributed by atoms with Crippen molar-refractivity contribution in [2.45, 2.75) is 410 Å². The summed E-state index contributed by atoms with van der Waals surface area (Å²) < 4.78 is 16.7. The average molecular weight is 1220 g/mol. The van der Waals surface area contributed by atoms with Gasteiger partial charge in [-0.05, 0) is 51.4 Å². The maximum absolute atomic E-state index is 13.1. The number of unbranched alkanes of at least 4 members (excludes halogenated alkanes) is 48. The van der Waals surface area contributed by atoms with Crippen LogP contribution < -0.4 is 5.32 Å². The van der Waals surface area contributed by atoms with Gasteiger partial charge in [-0.1, -0.05) is 339 Å². The van der Waals surface area contributed by atoms with E-state index in [9.17, 15) is 35.1 Å². The third-order valence-electron chi connectivity index (χ3n) is 17.7. The minimum Gasteiger partial charge on any atom is -0.466 e. The molecule has 0 spiro atoms. The number of aliphatic hydroxyl groups is 5. The minimum absolute atomic E-state index is 0.0157. The van der Waals surface area contributed by atoms with Crippen molar-refractivity contribution in [3.05, 3.63) is 36.5 Å². The van der Waals surface area contributed by atoms with E-state index in [1.807, 2.05) is 6.08 Å². The molecule has 0 aromatic carbocycles. The Morgan fingerprint density at radius 2 is 0.756 bits per heavy atom. The van der Waals surface area contributed by atoms with Crippen LogP contribution in [-0.2, 0) is 23.8 Å². The summed E-state index contributed by atoms with van der Waals surface area (Å²) >= 11 is 0. The van der Waals surface area contributed by atoms with Gasteiger partial charge in [-0.15, -0.1) is 0 Å². The SMILES string of the molecule is CCCC/C=C/CC/C=C/CC/C=C/C(O)C(COC1OC(CO)C(O)C(O)C1O)NC(=O)CCCCCCCCCCCCCCCCCCCCCCCCCCCCCCCCCCCCCOC(=O)CCCCCCCCCCCCC. The molecular weight excluding hydrogens is 1070 g/mol. The predicted molar refractivity (Wildman–Crippen MR) is 361 cm³/mol. The zero-order valence-corrected chi connectivity index (χ0v) is 56.3. The van der Waals surface area contributed by atoms with Gasteiger partial charge in [0.15, 0.2) is 6.29 Å². The number of aliphatic hydroxyl groups excluding tert-OH is 5. The Bertz CT molecular complexity index is 1520. The Morgan fingerprint density at radius 3 is 1.14 bits per heavy atom. The molecular formula is C75H141NO10. The third kappa shape index (κ3) is 52.6. The standard InChI is InChI=1S/C75H141NO10/c1-3-5-7-9-11-13-15-42-45-49-53-57-61-68(78)67(66-85-75-74(83)73(82)72(81)69(65-77)86-75)76-70(79)62-58-54-50-46-43-39-37-35-33-31-29-27-25-23-21-19-17-16-18-20-22-24-26-28-30-32-34-36-38-40-44-48-52-56-60-64-84-71(80)63-59-55-51-47-41-14-12-10-8-6-4-2/h9,11,42,45,57,61,67-69,72-75,77-78,81-83H,3-8,10,12-41,43-44,46-56,58-60,62-66H2,1-2H3,(H,76,79)/b11-9+,45-42+,61-57+. The van der Waals surface area contributed by atoms with Crippen LogP contribution >= 0.6 is 0 Å². The highest BCUT2D eigenvalue weighted by molar-refractivity contribution is 5.76. The Morgan fingerprint density at radius 1 is 0.419 bits per heavy atom. The lowest BCUT2D eigenvalue weighted by Gasteiger charge is -2.40. The van der Waals surface area contributed by atoms with E-state index in [1.165, 1.54) is 276 Å². The molecule has 86 heavy (non-hydrogen) atoms. The topological polar surface area (TPSA) is 175 Å². The van der Waals surface area contributed by atoms with Crippen molar-refractivity contribution in [1.29, 1.82) is 0 Å². The predicted octanol–water partition coefficient (Wildman–Crippen LogP) is 19.4. The lowest BCUT2D eigenvalue weighted by atomic mass is 9.99. The molecule has 1 aliphatic heterocycles. The van der Waals surface area contributed by atoms with Crippen LogP contribution in [0.2, 0.25) is 0 Å². The molecule has 11 heteroatoms. The summed E-state index contributed by atoms with van der Waals surface area (Å²) in [5.74, 6) is -0.175. The molecule has 0 saturated carbocycles. The van der Waals surface area contributed by atoms with E-state index in [4.69, 9.17) is 14.2 Å². The summed E-state index contributed by atoms with van der Waals surface area (Å²) in [5, 5.41) is 54.4. The van der Waals surface area contributed by atoms with Gasteiger partial charge >= 0.3 is 5.97 Å². The molecule has 1 fully saturated rings. The quantitative estimate of drug-likeness (QED) is 0.0195. The number of allylic oxidation sites excluding steroid dienone is 5. The van der Waals surface area contributed by atoms with Crippen molar-refractivity contribution in [1.82, 2.24) is 5.32 Å². The molecule has 7 unspecified atom stereocenters. The van der Waals surface area contributed by atoms with Crippen molar-refractivity contribution in [3.8, 4) is 0 Å². The molecule has 11 nitrogen and oxygen atoms in total. The maximum Gasteiger partial charge on any atom is 0.305 e. The molecule has 0 aliphatic carbocycles. The van der Waals surface area contributed by atoms with E-state index in [0.29, 0.717) is 19.4 Å². The number of hydrogen-bond acceptors (Lipinski definition) is 10. The average Bonchev–Trinajstić information content (AvgIpc) is 3.61. The number of amides is 1. The van der Waals surface area contributed by atoms with E-state index in [0.717, 1.165) is 64.2 Å². The third-order valence-corrected chi connectivity index (χ3v) is 17.7. The van der Waals surface area contributed by atoms with E-state index in [-0.39, 0.29) is 18.5 Å². The molecule has 6 N–H and O–H groups in total. The van der Waals surface area contributed by atoms with E-state index in [2.05, 4.69) is 43.5 Å². The first-order valence-electron chi connectivity index (χ1n) is 37.3. The molecule has 1 rings (SSSR count). The molecule has 1 heterocycles. The van der Waals surface area contributed by atoms with Crippen LogP contribution in [0, 0.1) is 0 Å². The number of carbonyl (C=O) groups excluding carboxylic acids is 2. The molecule has 1 aliphatic rings. The van der Waals surface area contributed by atoms with Gasteiger partial charge in [-0.3, -0.25) is 9.59 Å². The summed E-state index contributed by atoms with van der Waals surface area (Å²) in [6.07, 6.45) is 73.1. The zero-order chi connectivity index (χ0) is 62.3. The molecule has 0 radical (unpaired) electrons. The van der Waals surface area contributed by atoms with Crippen molar-refractivity contribution >= 4 is 11.9 Å². The van der Waals surface area contributed by atoms with Crippen molar-refractivity contribution in [2.75, 3.05) is 19.8 Å². The van der Waals surface area contributed by atoms with Gasteiger partial charge in [0.1, 0.15) is 24.4 Å². The van der Waals surface area contributed by atoms with Crippen molar-refractivity contribution < 1.29 is 49.3 Å². The number of nitrogens with one attached hydrogen (secondary N) is 1. The number of ether oxygens (including phenoxy) is 3. The Balaban J connectivity index is 1.91. The number of hydrogen-bond donors (Lipinski definition) is 6. The van der Waals surface area contributed by atoms with Gasteiger partial charge in [0.2, 0.25) is 5.91 Å². The summed E-state index contributed by atoms with van der Waals surface area (Å²) in [7, 11) is 0.